The molecule has 0 bridgehead atoms. The number of hydrogen-bond donors (Lipinski definition) is 2. The summed E-state index contributed by atoms with van der Waals surface area (Å²) in [6.07, 6.45) is 1.78. The van der Waals surface area contributed by atoms with Crippen molar-refractivity contribution in [3.8, 4) is 5.75 Å². The second kappa shape index (κ2) is 6.45. The Balaban J connectivity index is 1.65. The van der Waals surface area contributed by atoms with Crippen molar-refractivity contribution < 1.29 is 9.90 Å². The summed E-state index contributed by atoms with van der Waals surface area (Å²) in [7, 11) is 0. The molecule has 4 nitrogen and oxygen atoms in total. The first kappa shape index (κ1) is 15.5. The Morgan fingerprint density at radius 1 is 0.960 bits per heavy atom. The van der Waals surface area contributed by atoms with E-state index in [9.17, 15) is 9.90 Å². The molecule has 2 N–H and O–H groups in total. The molecule has 1 aliphatic rings. The minimum atomic E-state index is -0.169. The average molecular weight is 346 g/mol. The van der Waals surface area contributed by atoms with Crippen LogP contribution in [0.2, 0.25) is 0 Å². The second-order valence-electron chi connectivity index (χ2n) is 5.57. The first-order valence-electron chi connectivity index (χ1n) is 7.75. The fourth-order valence-corrected chi connectivity index (χ4v) is 3.45. The number of phenolic OH excluding ortho intramolecular Hbond substituents is 1. The summed E-state index contributed by atoms with van der Waals surface area (Å²) >= 11 is 1.31. The average Bonchev–Trinajstić information content (AvgIpc) is 2.96. The molecule has 1 amide bonds. The lowest BCUT2D eigenvalue weighted by Gasteiger charge is -2.02. The van der Waals surface area contributed by atoms with Crippen molar-refractivity contribution in [3.05, 3.63) is 77.2 Å². The second-order valence-corrected chi connectivity index (χ2v) is 6.60. The van der Waals surface area contributed by atoms with E-state index in [0.29, 0.717) is 10.1 Å². The van der Waals surface area contributed by atoms with Gasteiger partial charge < -0.3 is 10.4 Å². The summed E-state index contributed by atoms with van der Waals surface area (Å²) in [4.78, 5) is 17.4. The van der Waals surface area contributed by atoms with Gasteiger partial charge in [-0.25, -0.2) is 4.99 Å². The number of benzene rings is 3. The molecule has 0 saturated carbocycles. The van der Waals surface area contributed by atoms with Gasteiger partial charge in [-0.1, -0.05) is 48.5 Å². The van der Waals surface area contributed by atoms with Crippen LogP contribution in [0.25, 0.3) is 16.8 Å². The zero-order valence-corrected chi connectivity index (χ0v) is 14.0. The summed E-state index contributed by atoms with van der Waals surface area (Å²) in [6.45, 7) is 0. The number of thioether (sulfide) groups is 1. The number of nitrogens with one attached hydrogen (secondary N) is 1. The Hall–Kier alpha value is -3.05. The van der Waals surface area contributed by atoms with Gasteiger partial charge in [0.2, 0.25) is 0 Å². The summed E-state index contributed by atoms with van der Waals surface area (Å²) in [5.41, 5.74) is 1.67. The number of phenols is 1. The molecule has 1 aliphatic heterocycles. The fourth-order valence-electron chi connectivity index (χ4n) is 2.62. The number of nitrogens with zero attached hydrogens (tertiary/aromatic N) is 1. The molecule has 25 heavy (non-hydrogen) atoms. The predicted octanol–water partition coefficient (Wildman–Crippen LogP) is 4.44. The van der Waals surface area contributed by atoms with Crippen molar-refractivity contribution in [1.82, 2.24) is 5.32 Å². The third-order valence-corrected chi connectivity index (χ3v) is 4.74. The maximum atomic E-state index is 12.2. The lowest BCUT2D eigenvalue weighted by molar-refractivity contribution is -0.115. The SMILES string of the molecule is O=C1NC(=Nc2cccc3ccccc23)SC1=Cc1ccc(O)cc1. The lowest BCUT2D eigenvalue weighted by Crippen LogP contribution is -2.19. The Morgan fingerprint density at radius 2 is 1.72 bits per heavy atom. The number of amides is 1. The number of carbonyl (C=O) groups is 1. The highest BCUT2D eigenvalue weighted by molar-refractivity contribution is 8.18. The molecule has 4 rings (SSSR count). The van der Waals surface area contributed by atoms with Crippen LogP contribution >= 0.6 is 11.8 Å². The van der Waals surface area contributed by atoms with E-state index in [0.717, 1.165) is 22.0 Å². The molecule has 5 heteroatoms. The maximum absolute atomic E-state index is 12.2. The van der Waals surface area contributed by atoms with Gasteiger partial charge in [0.15, 0.2) is 5.17 Å². The van der Waals surface area contributed by atoms with E-state index in [-0.39, 0.29) is 11.7 Å². The summed E-state index contributed by atoms with van der Waals surface area (Å²) in [5, 5.41) is 14.9. The number of aliphatic imine (C=N–C) groups is 1. The fraction of sp³-hybridized carbons (Fsp3) is 0. The molecule has 0 aromatic heterocycles. The van der Waals surface area contributed by atoms with Gasteiger partial charge in [-0.05, 0) is 47.0 Å². The van der Waals surface area contributed by atoms with Crippen molar-refractivity contribution in [2.45, 2.75) is 0 Å². The van der Waals surface area contributed by atoms with Crippen molar-refractivity contribution >= 4 is 45.4 Å². The van der Waals surface area contributed by atoms with Gasteiger partial charge in [-0.3, -0.25) is 4.79 Å². The molecular weight excluding hydrogens is 332 g/mol. The van der Waals surface area contributed by atoms with Crippen LogP contribution in [0, 0.1) is 0 Å². The molecule has 0 atom stereocenters. The van der Waals surface area contributed by atoms with E-state index in [2.05, 4.69) is 10.3 Å². The number of amidine groups is 1. The van der Waals surface area contributed by atoms with Gasteiger partial charge in [-0.2, -0.15) is 0 Å². The Bertz CT molecular complexity index is 1020. The van der Waals surface area contributed by atoms with Gasteiger partial charge in [0, 0.05) is 5.39 Å². The van der Waals surface area contributed by atoms with Crippen molar-refractivity contribution in [1.29, 1.82) is 0 Å². The van der Waals surface area contributed by atoms with E-state index in [1.165, 1.54) is 11.8 Å². The zero-order chi connectivity index (χ0) is 17.2. The molecule has 3 aromatic carbocycles. The van der Waals surface area contributed by atoms with Gasteiger partial charge in [-0.15, -0.1) is 0 Å². The maximum Gasteiger partial charge on any atom is 0.264 e. The van der Waals surface area contributed by atoms with Crippen molar-refractivity contribution in [2.24, 2.45) is 4.99 Å². The van der Waals surface area contributed by atoms with Gasteiger partial charge >= 0.3 is 0 Å². The van der Waals surface area contributed by atoms with Crippen molar-refractivity contribution in [2.75, 3.05) is 0 Å². The molecule has 0 spiro atoms. The number of rotatable bonds is 2. The monoisotopic (exact) mass is 346 g/mol. The minimum absolute atomic E-state index is 0.169. The van der Waals surface area contributed by atoms with Crippen LogP contribution in [0.1, 0.15) is 5.56 Å². The van der Waals surface area contributed by atoms with E-state index in [4.69, 9.17) is 0 Å². The molecule has 0 unspecified atom stereocenters. The molecule has 122 valence electrons. The number of aromatic hydroxyl groups is 1. The smallest absolute Gasteiger partial charge is 0.264 e. The van der Waals surface area contributed by atoms with Crippen LogP contribution in [0.5, 0.6) is 5.75 Å². The molecule has 3 aromatic rings. The van der Waals surface area contributed by atoms with Gasteiger partial charge in [0.1, 0.15) is 5.75 Å². The van der Waals surface area contributed by atoms with Crippen LogP contribution in [-0.4, -0.2) is 16.2 Å². The van der Waals surface area contributed by atoms with Gasteiger partial charge in [0.05, 0.1) is 10.6 Å². The lowest BCUT2D eigenvalue weighted by atomic mass is 10.1. The van der Waals surface area contributed by atoms with Crippen LogP contribution < -0.4 is 5.32 Å². The summed E-state index contributed by atoms with van der Waals surface area (Å²) < 4.78 is 0. The summed E-state index contributed by atoms with van der Waals surface area (Å²) in [5.74, 6) is 0.0287. The Morgan fingerprint density at radius 3 is 2.56 bits per heavy atom. The van der Waals surface area contributed by atoms with Crippen LogP contribution in [0.3, 0.4) is 0 Å². The van der Waals surface area contributed by atoms with Crippen LogP contribution in [0.4, 0.5) is 5.69 Å². The first-order valence-corrected chi connectivity index (χ1v) is 8.57. The largest absolute Gasteiger partial charge is 0.508 e. The third kappa shape index (κ3) is 3.27. The van der Waals surface area contributed by atoms with E-state index < -0.39 is 0 Å². The Kier molecular flexibility index (Phi) is 3.99. The number of carbonyl (C=O) groups excluding carboxylic acids is 1. The molecule has 1 fully saturated rings. The highest BCUT2D eigenvalue weighted by Crippen LogP contribution is 2.31. The third-order valence-electron chi connectivity index (χ3n) is 3.83. The predicted molar refractivity (Wildman–Crippen MR) is 103 cm³/mol. The molecule has 1 saturated heterocycles. The topological polar surface area (TPSA) is 61.7 Å². The quantitative estimate of drug-likeness (QED) is 0.675. The normalized spacial score (nSPS) is 17.4. The van der Waals surface area contributed by atoms with E-state index in [1.54, 1.807) is 30.3 Å². The van der Waals surface area contributed by atoms with Crippen molar-refractivity contribution in [3.63, 3.8) is 0 Å². The highest BCUT2D eigenvalue weighted by Gasteiger charge is 2.23. The Labute approximate surface area is 148 Å². The zero-order valence-electron chi connectivity index (χ0n) is 13.1. The molecular formula is C20H14N2O2S. The first-order chi connectivity index (χ1) is 12.2. The van der Waals surface area contributed by atoms with Crippen LogP contribution in [-0.2, 0) is 4.79 Å². The summed E-state index contributed by atoms with van der Waals surface area (Å²) in [6, 6.07) is 20.6. The molecule has 1 heterocycles. The highest BCUT2D eigenvalue weighted by atomic mass is 32.2. The van der Waals surface area contributed by atoms with E-state index >= 15 is 0 Å². The van der Waals surface area contributed by atoms with E-state index in [1.807, 2.05) is 42.5 Å². The number of fused-ring (bicyclic) bond motifs is 1. The van der Waals surface area contributed by atoms with Crippen LogP contribution in [0.15, 0.2) is 76.6 Å². The minimum Gasteiger partial charge on any atom is -0.508 e. The van der Waals surface area contributed by atoms with Gasteiger partial charge in [0.25, 0.3) is 5.91 Å². The molecule has 0 aliphatic carbocycles. The standard InChI is InChI=1S/C20H14N2O2S/c23-15-10-8-13(9-11-15)12-18-19(24)22-20(25-18)21-17-7-3-5-14-4-1-2-6-16(14)17/h1-12,23H,(H,21,22,24). The molecule has 0 radical (unpaired) electrons. The number of hydrogen-bond acceptors (Lipinski definition) is 4.